The van der Waals surface area contributed by atoms with E-state index in [-0.39, 0.29) is 0 Å². The van der Waals surface area contributed by atoms with Crippen molar-refractivity contribution in [1.29, 1.82) is 0 Å². The number of rotatable bonds is 13. The Balaban J connectivity index is 3.82. The molecule has 0 N–H and O–H groups in total. The summed E-state index contributed by atoms with van der Waals surface area (Å²) in [6, 6.07) is 0. The van der Waals surface area contributed by atoms with Gasteiger partial charge in [0.1, 0.15) is 0 Å². The van der Waals surface area contributed by atoms with Crippen molar-refractivity contribution in [3.05, 3.63) is 0 Å². The molecule has 0 saturated heterocycles. The van der Waals surface area contributed by atoms with Crippen molar-refractivity contribution in [3.8, 4) is 0 Å². The van der Waals surface area contributed by atoms with Gasteiger partial charge in [0.25, 0.3) is 0 Å². The van der Waals surface area contributed by atoms with Crippen LogP contribution in [0.5, 0.6) is 0 Å². The van der Waals surface area contributed by atoms with Crippen molar-refractivity contribution < 1.29 is 9.47 Å². The topological polar surface area (TPSA) is 18.5 Å². The number of hydrogen-bond donors (Lipinski definition) is 0. The van der Waals surface area contributed by atoms with E-state index in [9.17, 15) is 0 Å². The van der Waals surface area contributed by atoms with Crippen LogP contribution in [-0.2, 0) is 9.47 Å². The lowest BCUT2D eigenvalue weighted by molar-refractivity contribution is 0.00575. The van der Waals surface area contributed by atoms with E-state index in [0.29, 0.717) is 23.7 Å². The minimum Gasteiger partial charge on any atom is -0.379 e. The fraction of sp³-hybridized carbons (Fsp3) is 1.00. The second-order valence-corrected chi connectivity index (χ2v) is 8.42. The van der Waals surface area contributed by atoms with Crippen LogP contribution in [0.2, 0.25) is 0 Å². The molecule has 0 bridgehead atoms. The maximum absolute atomic E-state index is 5.86. The molecular weight excluding hydrogens is 272 g/mol. The molecule has 0 radical (unpaired) electrons. The lowest BCUT2D eigenvalue weighted by Gasteiger charge is -2.24. The molecule has 0 fully saturated rings. The zero-order chi connectivity index (χ0) is 17.1. The monoisotopic (exact) mass is 314 g/mol. The third-order valence-corrected chi connectivity index (χ3v) is 4.47. The molecule has 0 aliphatic rings. The maximum atomic E-state index is 5.86. The SMILES string of the molecule is CC(C)CC(COCCOCC(CC(C)C)C(C)C)C(C)C. The fourth-order valence-corrected chi connectivity index (χ4v) is 2.86. The number of hydrogen-bond acceptors (Lipinski definition) is 2. The third kappa shape index (κ3) is 11.5. The zero-order valence-electron chi connectivity index (χ0n) is 16.5. The van der Waals surface area contributed by atoms with Gasteiger partial charge in [-0.15, -0.1) is 0 Å². The van der Waals surface area contributed by atoms with Crippen LogP contribution in [0.1, 0.15) is 68.2 Å². The Morgan fingerprint density at radius 1 is 0.545 bits per heavy atom. The van der Waals surface area contributed by atoms with E-state index < -0.39 is 0 Å². The third-order valence-electron chi connectivity index (χ3n) is 4.47. The second kappa shape index (κ2) is 12.4. The zero-order valence-corrected chi connectivity index (χ0v) is 16.5. The van der Waals surface area contributed by atoms with Crippen molar-refractivity contribution in [2.24, 2.45) is 35.5 Å². The summed E-state index contributed by atoms with van der Waals surface area (Å²) in [4.78, 5) is 0. The largest absolute Gasteiger partial charge is 0.379 e. The van der Waals surface area contributed by atoms with E-state index in [1.54, 1.807) is 0 Å². The summed E-state index contributed by atoms with van der Waals surface area (Å²) >= 11 is 0. The van der Waals surface area contributed by atoms with Gasteiger partial charge >= 0.3 is 0 Å². The maximum Gasteiger partial charge on any atom is 0.0700 e. The first-order valence-corrected chi connectivity index (χ1v) is 9.39. The minimum absolute atomic E-state index is 0.671. The van der Waals surface area contributed by atoms with Crippen molar-refractivity contribution in [3.63, 3.8) is 0 Å². The van der Waals surface area contributed by atoms with Gasteiger partial charge in [0.15, 0.2) is 0 Å². The molecule has 0 spiro atoms. The van der Waals surface area contributed by atoms with Gasteiger partial charge < -0.3 is 9.47 Å². The first-order valence-electron chi connectivity index (χ1n) is 9.39. The molecule has 2 atom stereocenters. The van der Waals surface area contributed by atoms with E-state index >= 15 is 0 Å². The molecule has 0 aliphatic carbocycles. The fourth-order valence-electron chi connectivity index (χ4n) is 2.86. The Kier molecular flexibility index (Phi) is 12.3. The first kappa shape index (κ1) is 21.9. The molecule has 0 saturated carbocycles. The summed E-state index contributed by atoms with van der Waals surface area (Å²) in [6.07, 6.45) is 2.50. The lowest BCUT2D eigenvalue weighted by atomic mass is 9.88. The van der Waals surface area contributed by atoms with E-state index in [0.717, 1.165) is 38.3 Å². The standard InChI is InChI=1S/C20H42O2/c1-15(2)11-19(17(5)6)13-21-9-10-22-14-20(18(7)8)12-16(3)4/h15-20H,9-14H2,1-8H3. The van der Waals surface area contributed by atoms with E-state index in [1.807, 2.05) is 0 Å². The molecule has 2 unspecified atom stereocenters. The van der Waals surface area contributed by atoms with Gasteiger partial charge in [-0.1, -0.05) is 55.4 Å². The summed E-state index contributed by atoms with van der Waals surface area (Å²) in [5.74, 6) is 4.22. The molecular formula is C20H42O2. The van der Waals surface area contributed by atoms with Gasteiger partial charge in [-0.3, -0.25) is 0 Å². The van der Waals surface area contributed by atoms with Gasteiger partial charge in [0, 0.05) is 13.2 Å². The van der Waals surface area contributed by atoms with Crippen LogP contribution in [0.25, 0.3) is 0 Å². The van der Waals surface area contributed by atoms with Crippen LogP contribution in [0.4, 0.5) is 0 Å². The van der Waals surface area contributed by atoms with Crippen molar-refractivity contribution in [2.45, 2.75) is 68.2 Å². The van der Waals surface area contributed by atoms with Crippen LogP contribution in [0, 0.1) is 35.5 Å². The van der Waals surface area contributed by atoms with Crippen LogP contribution in [0.3, 0.4) is 0 Å². The van der Waals surface area contributed by atoms with Crippen LogP contribution in [0.15, 0.2) is 0 Å². The predicted molar refractivity (Wildman–Crippen MR) is 97.2 cm³/mol. The highest BCUT2D eigenvalue weighted by Gasteiger charge is 2.16. The molecule has 2 nitrogen and oxygen atoms in total. The van der Waals surface area contributed by atoms with Crippen LogP contribution < -0.4 is 0 Å². The van der Waals surface area contributed by atoms with Crippen molar-refractivity contribution in [1.82, 2.24) is 0 Å². The van der Waals surface area contributed by atoms with Crippen LogP contribution >= 0.6 is 0 Å². The van der Waals surface area contributed by atoms with Gasteiger partial charge in [0.2, 0.25) is 0 Å². The molecule has 0 heterocycles. The second-order valence-electron chi connectivity index (χ2n) is 8.42. The summed E-state index contributed by atoms with van der Waals surface area (Å²) in [7, 11) is 0. The Bertz CT molecular complexity index is 220. The van der Waals surface area contributed by atoms with E-state index in [2.05, 4.69) is 55.4 Å². The molecule has 0 rings (SSSR count). The first-order chi connectivity index (χ1) is 10.2. The molecule has 0 aromatic carbocycles. The Morgan fingerprint density at radius 2 is 0.864 bits per heavy atom. The quantitative estimate of drug-likeness (QED) is 0.409. The van der Waals surface area contributed by atoms with E-state index in [4.69, 9.17) is 9.47 Å². The van der Waals surface area contributed by atoms with Gasteiger partial charge in [0.05, 0.1) is 13.2 Å². The molecule has 22 heavy (non-hydrogen) atoms. The minimum atomic E-state index is 0.671. The summed E-state index contributed by atoms with van der Waals surface area (Å²) in [5, 5.41) is 0. The lowest BCUT2D eigenvalue weighted by Crippen LogP contribution is -2.21. The summed E-state index contributed by atoms with van der Waals surface area (Å²) in [6.45, 7) is 21.6. The normalized spacial score (nSPS) is 15.3. The molecule has 0 aromatic heterocycles. The number of ether oxygens (including phenoxy) is 2. The molecule has 0 aliphatic heterocycles. The Labute approximate surface area is 140 Å². The van der Waals surface area contributed by atoms with Crippen molar-refractivity contribution in [2.75, 3.05) is 26.4 Å². The van der Waals surface area contributed by atoms with Gasteiger partial charge in [-0.05, 0) is 48.3 Å². The van der Waals surface area contributed by atoms with Gasteiger partial charge in [-0.2, -0.15) is 0 Å². The Hall–Kier alpha value is -0.0800. The van der Waals surface area contributed by atoms with E-state index in [1.165, 1.54) is 12.8 Å². The summed E-state index contributed by atoms with van der Waals surface area (Å²) in [5.41, 5.74) is 0. The predicted octanol–water partition coefficient (Wildman–Crippen LogP) is 5.66. The summed E-state index contributed by atoms with van der Waals surface area (Å²) < 4.78 is 11.7. The highest BCUT2D eigenvalue weighted by Crippen LogP contribution is 2.21. The molecule has 2 heteroatoms. The van der Waals surface area contributed by atoms with Crippen molar-refractivity contribution >= 4 is 0 Å². The Morgan fingerprint density at radius 3 is 1.09 bits per heavy atom. The molecule has 0 amide bonds. The highest BCUT2D eigenvalue weighted by molar-refractivity contribution is 4.65. The molecule has 0 aromatic rings. The average Bonchev–Trinajstić information content (AvgIpc) is 2.38. The molecule has 134 valence electrons. The average molecular weight is 315 g/mol. The smallest absolute Gasteiger partial charge is 0.0700 e. The van der Waals surface area contributed by atoms with Crippen LogP contribution in [-0.4, -0.2) is 26.4 Å². The highest BCUT2D eigenvalue weighted by atomic mass is 16.5. The van der Waals surface area contributed by atoms with Gasteiger partial charge in [-0.25, -0.2) is 0 Å².